The Labute approximate surface area is 123 Å². The molecule has 0 aliphatic carbocycles. The van der Waals surface area contributed by atoms with Crippen molar-refractivity contribution in [3.63, 3.8) is 0 Å². The number of rotatable bonds is 8. The van der Waals surface area contributed by atoms with Crippen molar-refractivity contribution in [1.29, 1.82) is 0 Å². The summed E-state index contributed by atoms with van der Waals surface area (Å²) in [6, 6.07) is 2.43. The van der Waals surface area contributed by atoms with Crippen LogP contribution in [0.5, 0.6) is 0 Å². The summed E-state index contributed by atoms with van der Waals surface area (Å²) in [4.78, 5) is 4.12. The summed E-state index contributed by atoms with van der Waals surface area (Å²) in [6.07, 6.45) is 2.57. The van der Waals surface area contributed by atoms with Gasteiger partial charge in [-0.15, -0.1) is 0 Å². The van der Waals surface area contributed by atoms with Crippen molar-refractivity contribution in [2.75, 3.05) is 26.3 Å². The van der Waals surface area contributed by atoms with Crippen molar-refractivity contribution in [2.45, 2.75) is 26.3 Å². The molecule has 0 saturated carbocycles. The van der Waals surface area contributed by atoms with E-state index in [1.165, 1.54) is 6.07 Å². The number of benzene rings is 1. The topological polar surface area (TPSA) is 39.1 Å². The maximum atomic E-state index is 13.3. The van der Waals surface area contributed by atoms with Crippen molar-refractivity contribution < 1.29 is 13.5 Å². The maximum Gasteiger partial charge on any atom is 0.161 e. The monoisotopic (exact) mass is 297 g/mol. The Bertz CT molecular complexity index is 586. The van der Waals surface area contributed by atoms with E-state index in [-0.39, 0.29) is 6.04 Å². The molecule has 0 saturated heterocycles. The molecule has 4 nitrogen and oxygen atoms in total. The molecule has 0 aliphatic rings. The Kier molecular flexibility index (Phi) is 5.64. The first kappa shape index (κ1) is 15.9. The molecule has 2 aromatic rings. The average molecular weight is 297 g/mol. The average Bonchev–Trinajstić information content (AvgIpc) is 2.86. The summed E-state index contributed by atoms with van der Waals surface area (Å²) in [7, 11) is 0. The number of hydrogen-bond donors (Lipinski definition) is 1. The molecule has 1 heterocycles. The van der Waals surface area contributed by atoms with Crippen molar-refractivity contribution in [2.24, 2.45) is 0 Å². The molecule has 0 spiro atoms. The van der Waals surface area contributed by atoms with E-state index in [1.54, 1.807) is 6.33 Å². The summed E-state index contributed by atoms with van der Waals surface area (Å²) >= 11 is 0. The highest BCUT2D eigenvalue weighted by Gasteiger charge is 2.12. The maximum absolute atomic E-state index is 13.3. The third kappa shape index (κ3) is 3.98. The third-order valence-electron chi connectivity index (χ3n) is 3.38. The molecule has 2 rings (SSSR count). The zero-order valence-corrected chi connectivity index (χ0v) is 12.4. The number of ether oxygens (including phenoxy) is 1. The van der Waals surface area contributed by atoms with Gasteiger partial charge >= 0.3 is 0 Å². The highest BCUT2D eigenvalue weighted by atomic mass is 19.2. The lowest BCUT2D eigenvalue weighted by molar-refractivity contribution is 0.144. The third-order valence-corrected chi connectivity index (χ3v) is 3.38. The normalized spacial score (nSPS) is 13.0. The van der Waals surface area contributed by atoms with Crippen molar-refractivity contribution in [3.8, 4) is 0 Å². The molecule has 0 fully saturated rings. The van der Waals surface area contributed by atoms with E-state index in [0.29, 0.717) is 11.0 Å². The largest absolute Gasteiger partial charge is 0.382 e. The molecule has 21 heavy (non-hydrogen) atoms. The molecule has 6 heteroatoms. The minimum absolute atomic E-state index is 0.104. The van der Waals surface area contributed by atoms with Crippen LogP contribution in [0, 0.1) is 11.6 Å². The van der Waals surface area contributed by atoms with Gasteiger partial charge in [0.1, 0.15) is 0 Å². The Morgan fingerprint density at radius 1 is 1.33 bits per heavy atom. The number of imidazole rings is 1. The molecule has 1 aromatic carbocycles. The molecule has 0 amide bonds. The second-order valence-electron chi connectivity index (χ2n) is 5.01. The summed E-state index contributed by atoms with van der Waals surface area (Å²) in [5.41, 5.74) is 1.08. The molecular formula is C15H21F2N3O. The van der Waals surface area contributed by atoms with Crippen molar-refractivity contribution >= 4 is 11.0 Å². The number of fused-ring (bicyclic) bond motifs is 1. The number of aromatic nitrogens is 2. The van der Waals surface area contributed by atoms with E-state index in [1.807, 2.05) is 18.4 Å². The van der Waals surface area contributed by atoms with E-state index in [0.717, 1.165) is 38.8 Å². The van der Waals surface area contributed by atoms with Crippen LogP contribution < -0.4 is 5.32 Å². The fraction of sp³-hybridized carbons (Fsp3) is 0.533. The van der Waals surface area contributed by atoms with Gasteiger partial charge in [0, 0.05) is 37.9 Å². The Morgan fingerprint density at radius 2 is 2.10 bits per heavy atom. The number of halogens is 2. The fourth-order valence-electron chi connectivity index (χ4n) is 2.23. The first-order valence-electron chi connectivity index (χ1n) is 7.23. The lowest BCUT2D eigenvalue weighted by Gasteiger charge is -2.15. The van der Waals surface area contributed by atoms with Crippen molar-refractivity contribution in [1.82, 2.24) is 14.9 Å². The van der Waals surface area contributed by atoms with E-state index in [9.17, 15) is 8.78 Å². The standard InChI is InChI=1S/C15H21F2N3O/c1-3-21-6-4-5-18-9-11(2)20-10-19-14-7-12(16)13(17)8-15(14)20/h7-8,10-11,18H,3-6,9H2,1-2H3. The lowest BCUT2D eigenvalue weighted by atomic mass is 10.2. The van der Waals surface area contributed by atoms with Gasteiger partial charge in [0.05, 0.1) is 17.4 Å². The van der Waals surface area contributed by atoms with Crippen LogP contribution in [-0.4, -0.2) is 35.9 Å². The highest BCUT2D eigenvalue weighted by Crippen LogP contribution is 2.20. The summed E-state index contributed by atoms with van der Waals surface area (Å²) in [5.74, 6) is -1.71. The highest BCUT2D eigenvalue weighted by molar-refractivity contribution is 5.75. The molecule has 0 bridgehead atoms. The second-order valence-corrected chi connectivity index (χ2v) is 5.01. The van der Waals surface area contributed by atoms with Gasteiger partial charge in [-0.1, -0.05) is 0 Å². The zero-order valence-electron chi connectivity index (χ0n) is 12.4. The summed E-state index contributed by atoms with van der Waals surface area (Å²) in [6.45, 7) is 7.06. The molecule has 1 unspecified atom stereocenters. The SMILES string of the molecule is CCOCCCNCC(C)n1cnc2cc(F)c(F)cc21. The van der Waals surface area contributed by atoms with Gasteiger partial charge < -0.3 is 14.6 Å². The predicted octanol–water partition coefficient (Wildman–Crippen LogP) is 2.89. The Hall–Kier alpha value is -1.53. The quantitative estimate of drug-likeness (QED) is 0.762. The van der Waals surface area contributed by atoms with Crippen LogP contribution in [0.2, 0.25) is 0 Å². The zero-order chi connectivity index (χ0) is 15.2. The van der Waals surface area contributed by atoms with Crippen LogP contribution in [0.1, 0.15) is 26.3 Å². The summed E-state index contributed by atoms with van der Waals surface area (Å²) in [5, 5.41) is 3.33. The van der Waals surface area contributed by atoms with Crippen LogP contribution in [0.4, 0.5) is 8.78 Å². The van der Waals surface area contributed by atoms with E-state index >= 15 is 0 Å². The molecule has 1 aromatic heterocycles. The number of nitrogens with zero attached hydrogens (tertiary/aromatic N) is 2. The van der Waals surface area contributed by atoms with Crippen molar-refractivity contribution in [3.05, 3.63) is 30.1 Å². The number of nitrogens with one attached hydrogen (secondary N) is 1. The van der Waals surface area contributed by atoms with Gasteiger partial charge in [-0.25, -0.2) is 13.8 Å². The van der Waals surface area contributed by atoms with Crippen LogP contribution in [-0.2, 0) is 4.74 Å². The minimum Gasteiger partial charge on any atom is -0.382 e. The van der Waals surface area contributed by atoms with E-state index in [2.05, 4.69) is 10.3 Å². The molecular weight excluding hydrogens is 276 g/mol. The minimum atomic E-state index is -0.866. The van der Waals surface area contributed by atoms with Gasteiger partial charge in [-0.3, -0.25) is 0 Å². The summed E-state index contributed by atoms with van der Waals surface area (Å²) < 4.78 is 33.6. The van der Waals surface area contributed by atoms with Gasteiger partial charge in [0.25, 0.3) is 0 Å². The molecule has 0 radical (unpaired) electrons. The lowest BCUT2D eigenvalue weighted by Crippen LogP contribution is -2.25. The molecule has 1 atom stereocenters. The van der Waals surface area contributed by atoms with Crippen LogP contribution in [0.3, 0.4) is 0 Å². The van der Waals surface area contributed by atoms with E-state index in [4.69, 9.17) is 4.74 Å². The first-order chi connectivity index (χ1) is 10.1. The van der Waals surface area contributed by atoms with E-state index < -0.39 is 11.6 Å². The second kappa shape index (κ2) is 7.47. The number of hydrogen-bond acceptors (Lipinski definition) is 3. The Balaban J connectivity index is 1.93. The molecule has 0 aliphatic heterocycles. The predicted molar refractivity (Wildman–Crippen MR) is 78.3 cm³/mol. The van der Waals surface area contributed by atoms with Gasteiger partial charge in [0.15, 0.2) is 11.6 Å². The van der Waals surface area contributed by atoms with Crippen LogP contribution in [0.15, 0.2) is 18.5 Å². The van der Waals surface area contributed by atoms with Gasteiger partial charge in [-0.2, -0.15) is 0 Å². The van der Waals surface area contributed by atoms with Crippen LogP contribution in [0.25, 0.3) is 11.0 Å². The fourth-order valence-corrected chi connectivity index (χ4v) is 2.23. The smallest absolute Gasteiger partial charge is 0.161 e. The molecule has 116 valence electrons. The van der Waals surface area contributed by atoms with Gasteiger partial charge in [0.2, 0.25) is 0 Å². The first-order valence-corrected chi connectivity index (χ1v) is 7.23. The molecule has 1 N–H and O–H groups in total. The Morgan fingerprint density at radius 3 is 2.86 bits per heavy atom. The van der Waals surface area contributed by atoms with Gasteiger partial charge in [-0.05, 0) is 26.8 Å². The van der Waals surface area contributed by atoms with Crippen LogP contribution >= 0.6 is 0 Å².